The molecule has 0 aromatic heterocycles. The quantitative estimate of drug-likeness (QED) is 0.819. The first-order valence-electron chi connectivity index (χ1n) is 9.72. The van der Waals surface area contributed by atoms with Crippen LogP contribution < -0.4 is 10.6 Å². The molecule has 1 aliphatic heterocycles. The van der Waals surface area contributed by atoms with E-state index in [9.17, 15) is 4.79 Å². The van der Waals surface area contributed by atoms with Crippen LogP contribution in [0.2, 0.25) is 5.02 Å². The molecule has 144 valence electrons. The van der Waals surface area contributed by atoms with E-state index in [1.54, 1.807) is 0 Å². The Kier molecular flexibility index (Phi) is 6.79. The molecule has 1 aromatic carbocycles. The van der Waals surface area contributed by atoms with Crippen LogP contribution in [0.5, 0.6) is 0 Å². The SMILES string of the molecule is CC(NC(=O)NCC1(N2CCOCC2)CCCCC1)c1ccccc1Cl. The molecular weight excluding hydrogens is 350 g/mol. The van der Waals surface area contributed by atoms with E-state index in [2.05, 4.69) is 15.5 Å². The van der Waals surface area contributed by atoms with E-state index >= 15 is 0 Å². The third kappa shape index (κ3) is 4.70. The van der Waals surface area contributed by atoms with Crippen LogP contribution in [-0.4, -0.2) is 49.3 Å². The third-order valence-corrected chi connectivity index (χ3v) is 6.11. The fourth-order valence-corrected chi connectivity index (χ4v) is 4.55. The summed E-state index contributed by atoms with van der Waals surface area (Å²) in [7, 11) is 0. The molecule has 2 aliphatic rings. The minimum Gasteiger partial charge on any atom is -0.379 e. The lowest BCUT2D eigenvalue weighted by molar-refractivity contribution is -0.0357. The maximum absolute atomic E-state index is 12.5. The number of nitrogens with one attached hydrogen (secondary N) is 2. The summed E-state index contributed by atoms with van der Waals surface area (Å²) in [4.78, 5) is 15.0. The zero-order valence-corrected chi connectivity index (χ0v) is 16.4. The molecule has 1 heterocycles. The Morgan fingerprint density at radius 2 is 1.92 bits per heavy atom. The second-order valence-electron chi connectivity index (χ2n) is 7.45. The van der Waals surface area contributed by atoms with Crippen LogP contribution in [0.3, 0.4) is 0 Å². The maximum atomic E-state index is 12.5. The predicted octanol–water partition coefficient (Wildman–Crippen LogP) is 3.74. The summed E-state index contributed by atoms with van der Waals surface area (Å²) in [5, 5.41) is 6.83. The average molecular weight is 380 g/mol. The number of rotatable bonds is 5. The molecule has 2 amide bonds. The Labute approximate surface area is 161 Å². The van der Waals surface area contributed by atoms with Crippen molar-refractivity contribution < 1.29 is 9.53 Å². The van der Waals surface area contributed by atoms with Crippen LogP contribution in [0.1, 0.15) is 50.6 Å². The Morgan fingerprint density at radius 1 is 1.23 bits per heavy atom. The summed E-state index contributed by atoms with van der Waals surface area (Å²) in [5.74, 6) is 0. The number of carbonyl (C=O) groups is 1. The van der Waals surface area contributed by atoms with Gasteiger partial charge in [-0.2, -0.15) is 0 Å². The van der Waals surface area contributed by atoms with Crippen molar-refractivity contribution in [2.75, 3.05) is 32.8 Å². The fourth-order valence-electron chi connectivity index (χ4n) is 4.25. The number of hydrogen-bond donors (Lipinski definition) is 2. The number of carbonyl (C=O) groups excluding carboxylic acids is 1. The molecule has 0 spiro atoms. The summed E-state index contributed by atoms with van der Waals surface area (Å²) in [6, 6.07) is 7.37. The van der Waals surface area contributed by atoms with E-state index in [0.717, 1.165) is 44.7 Å². The molecule has 0 bridgehead atoms. The lowest BCUT2D eigenvalue weighted by Crippen LogP contribution is -2.60. The molecule has 1 aromatic rings. The summed E-state index contributed by atoms with van der Waals surface area (Å²) < 4.78 is 5.52. The van der Waals surface area contributed by atoms with Gasteiger partial charge in [0.25, 0.3) is 0 Å². The number of hydrogen-bond acceptors (Lipinski definition) is 3. The molecule has 1 aliphatic carbocycles. The number of halogens is 1. The van der Waals surface area contributed by atoms with E-state index < -0.39 is 0 Å². The van der Waals surface area contributed by atoms with Gasteiger partial charge in [-0.25, -0.2) is 4.79 Å². The van der Waals surface area contributed by atoms with Crippen LogP contribution >= 0.6 is 11.6 Å². The summed E-state index contributed by atoms with van der Waals surface area (Å²) in [6.07, 6.45) is 6.05. The van der Waals surface area contributed by atoms with Crippen molar-refractivity contribution in [1.82, 2.24) is 15.5 Å². The van der Waals surface area contributed by atoms with E-state index in [1.165, 1.54) is 19.3 Å². The highest BCUT2D eigenvalue weighted by atomic mass is 35.5. The molecule has 0 radical (unpaired) electrons. The molecule has 26 heavy (non-hydrogen) atoms. The fraction of sp³-hybridized carbons (Fsp3) is 0.650. The first-order chi connectivity index (χ1) is 12.6. The highest BCUT2D eigenvalue weighted by molar-refractivity contribution is 6.31. The Balaban J connectivity index is 1.58. The van der Waals surface area contributed by atoms with Crippen LogP contribution in [0, 0.1) is 0 Å². The lowest BCUT2D eigenvalue weighted by atomic mass is 9.80. The van der Waals surface area contributed by atoms with Gasteiger partial charge in [-0.3, -0.25) is 4.90 Å². The molecule has 5 nitrogen and oxygen atoms in total. The Morgan fingerprint density at radius 3 is 2.62 bits per heavy atom. The second kappa shape index (κ2) is 9.07. The van der Waals surface area contributed by atoms with Crippen molar-refractivity contribution in [1.29, 1.82) is 0 Å². The van der Waals surface area contributed by atoms with Crippen LogP contribution in [0.15, 0.2) is 24.3 Å². The minimum absolute atomic E-state index is 0.0764. The number of urea groups is 1. The van der Waals surface area contributed by atoms with Gasteiger partial charge >= 0.3 is 6.03 Å². The summed E-state index contributed by atoms with van der Waals surface area (Å²) >= 11 is 6.23. The molecule has 1 saturated heterocycles. The van der Waals surface area contributed by atoms with Crippen LogP contribution in [0.4, 0.5) is 4.79 Å². The molecule has 2 fully saturated rings. The van der Waals surface area contributed by atoms with Gasteiger partial charge in [0.2, 0.25) is 0 Å². The lowest BCUT2D eigenvalue weighted by Gasteiger charge is -2.48. The van der Waals surface area contributed by atoms with Crippen LogP contribution in [-0.2, 0) is 4.74 Å². The Hall–Kier alpha value is -1.30. The Bertz CT molecular complexity index is 598. The number of nitrogens with zero attached hydrogens (tertiary/aromatic N) is 1. The van der Waals surface area contributed by atoms with Gasteiger partial charge in [0.1, 0.15) is 0 Å². The normalized spacial score (nSPS) is 21.8. The van der Waals surface area contributed by atoms with Crippen molar-refractivity contribution in [3.8, 4) is 0 Å². The molecule has 2 N–H and O–H groups in total. The topological polar surface area (TPSA) is 53.6 Å². The van der Waals surface area contributed by atoms with Crippen molar-refractivity contribution in [3.05, 3.63) is 34.9 Å². The van der Waals surface area contributed by atoms with Gasteiger partial charge in [-0.1, -0.05) is 49.1 Å². The molecule has 1 unspecified atom stereocenters. The first kappa shape index (κ1) is 19.5. The van der Waals surface area contributed by atoms with Gasteiger partial charge in [-0.05, 0) is 31.4 Å². The predicted molar refractivity (Wildman–Crippen MR) is 105 cm³/mol. The second-order valence-corrected chi connectivity index (χ2v) is 7.86. The van der Waals surface area contributed by atoms with Gasteiger partial charge in [0.05, 0.1) is 19.3 Å². The molecular formula is C20H30ClN3O2. The zero-order chi connectivity index (χ0) is 18.4. The van der Waals surface area contributed by atoms with E-state index in [1.807, 2.05) is 31.2 Å². The zero-order valence-electron chi connectivity index (χ0n) is 15.6. The molecule has 1 atom stereocenters. The highest BCUT2D eigenvalue weighted by Gasteiger charge is 2.38. The van der Waals surface area contributed by atoms with Crippen molar-refractivity contribution in [2.45, 2.75) is 50.6 Å². The molecule has 3 rings (SSSR count). The van der Waals surface area contributed by atoms with E-state index in [0.29, 0.717) is 11.6 Å². The molecule has 1 saturated carbocycles. The van der Waals surface area contributed by atoms with E-state index in [4.69, 9.17) is 16.3 Å². The van der Waals surface area contributed by atoms with Gasteiger partial charge in [0.15, 0.2) is 0 Å². The first-order valence-corrected chi connectivity index (χ1v) is 10.1. The largest absolute Gasteiger partial charge is 0.379 e. The maximum Gasteiger partial charge on any atom is 0.315 e. The standard InChI is InChI=1S/C20H30ClN3O2/c1-16(17-7-3-4-8-18(17)21)23-19(25)22-15-20(9-5-2-6-10-20)24-11-13-26-14-12-24/h3-4,7-8,16H,2,5-6,9-15H2,1H3,(H2,22,23,25). The van der Waals surface area contributed by atoms with Gasteiger partial charge in [0, 0.05) is 30.2 Å². The summed E-state index contributed by atoms with van der Waals surface area (Å²) in [6.45, 7) is 6.14. The van der Waals surface area contributed by atoms with Crippen molar-refractivity contribution >= 4 is 17.6 Å². The smallest absolute Gasteiger partial charge is 0.315 e. The van der Waals surface area contributed by atoms with Crippen molar-refractivity contribution in [2.24, 2.45) is 0 Å². The van der Waals surface area contributed by atoms with E-state index in [-0.39, 0.29) is 17.6 Å². The third-order valence-electron chi connectivity index (χ3n) is 5.76. The minimum atomic E-state index is -0.130. The summed E-state index contributed by atoms with van der Waals surface area (Å²) in [5.41, 5.74) is 1.01. The highest BCUT2D eigenvalue weighted by Crippen LogP contribution is 2.34. The van der Waals surface area contributed by atoms with Gasteiger partial charge in [-0.15, -0.1) is 0 Å². The molecule has 6 heteroatoms. The average Bonchev–Trinajstić information content (AvgIpc) is 2.68. The number of benzene rings is 1. The number of amides is 2. The van der Waals surface area contributed by atoms with Gasteiger partial charge < -0.3 is 15.4 Å². The van der Waals surface area contributed by atoms with Crippen molar-refractivity contribution in [3.63, 3.8) is 0 Å². The van der Waals surface area contributed by atoms with Crippen LogP contribution in [0.25, 0.3) is 0 Å². The number of morpholine rings is 1. The monoisotopic (exact) mass is 379 g/mol. The number of ether oxygens (including phenoxy) is 1.